The van der Waals surface area contributed by atoms with Crippen LogP contribution in [0.5, 0.6) is 0 Å². The van der Waals surface area contributed by atoms with Crippen molar-refractivity contribution in [2.75, 3.05) is 19.7 Å². The number of likely N-dealkylation sites (tertiary alicyclic amines) is 1. The van der Waals surface area contributed by atoms with E-state index in [1.165, 1.54) is 0 Å². The molecule has 1 rings (SSSR count). The maximum Gasteiger partial charge on any atom is 0.410 e. The third-order valence-corrected chi connectivity index (χ3v) is 2.40. The highest BCUT2D eigenvalue weighted by Crippen LogP contribution is 2.23. The van der Waals surface area contributed by atoms with Gasteiger partial charge in [-0.05, 0) is 33.1 Å². The van der Waals surface area contributed by atoms with Crippen LogP contribution >= 0.6 is 0 Å². The smallest absolute Gasteiger partial charge is 0.410 e. The van der Waals surface area contributed by atoms with Gasteiger partial charge in [-0.2, -0.15) is 0 Å². The highest BCUT2D eigenvalue weighted by molar-refractivity contribution is 5.69. The zero-order chi connectivity index (χ0) is 12.3. The Bertz CT molecular complexity index is 246. The molecule has 1 N–H and O–H groups in total. The van der Waals surface area contributed by atoms with Crippen molar-refractivity contribution in [1.82, 2.24) is 4.90 Å². The molecule has 0 bridgehead atoms. The van der Waals surface area contributed by atoms with Crippen LogP contribution in [-0.4, -0.2) is 47.6 Å². The first-order valence-corrected chi connectivity index (χ1v) is 5.54. The van der Waals surface area contributed by atoms with E-state index in [-0.39, 0.29) is 12.0 Å². The molecule has 5 heteroatoms. The van der Waals surface area contributed by atoms with E-state index >= 15 is 0 Å². The minimum absolute atomic E-state index is 0.148. The number of alkyl halides is 1. The Kier molecular flexibility index (Phi) is 4.13. The number of ether oxygens (including phenoxy) is 1. The van der Waals surface area contributed by atoms with E-state index in [0.717, 1.165) is 0 Å². The maximum atomic E-state index is 12.8. The van der Waals surface area contributed by atoms with Crippen molar-refractivity contribution in [2.24, 2.45) is 5.92 Å². The molecule has 1 fully saturated rings. The van der Waals surface area contributed by atoms with Crippen LogP contribution in [0.25, 0.3) is 0 Å². The average Bonchev–Trinajstić information content (AvgIpc) is 2.06. The van der Waals surface area contributed by atoms with E-state index in [1.54, 1.807) is 4.90 Å². The predicted molar refractivity (Wildman–Crippen MR) is 57.9 cm³/mol. The van der Waals surface area contributed by atoms with Crippen molar-refractivity contribution in [2.45, 2.75) is 39.0 Å². The van der Waals surface area contributed by atoms with Gasteiger partial charge in [-0.25, -0.2) is 9.18 Å². The van der Waals surface area contributed by atoms with E-state index < -0.39 is 18.4 Å². The summed E-state index contributed by atoms with van der Waals surface area (Å²) in [6, 6.07) is 0. The second-order valence-electron chi connectivity index (χ2n) is 5.27. The van der Waals surface area contributed by atoms with Gasteiger partial charge in [0.15, 0.2) is 0 Å². The highest BCUT2D eigenvalue weighted by atomic mass is 19.1. The molecule has 16 heavy (non-hydrogen) atoms. The number of carbonyl (C=O) groups is 1. The number of carbonyl (C=O) groups excluding carboxylic acids is 1. The van der Waals surface area contributed by atoms with Crippen molar-refractivity contribution in [3.8, 4) is 0 Å². The van der Waals surface area contributed by atoms with Gasteiger partial charge in [-0.15, -0.1) is 0 Å². The largest absolute Gasteiger partial charge is 0.444 e. The summed E-state index contributed by atoms with van der Waals surface area (Å²) in [6.45, 7) is 6.04. The van der Waals surface area contributed by atoms with Crippen molar-refractivity contribution < 1.29 is 19.0 Å². The molecule has 1 aliphatic heterocycles. The lowest BCUT2D eigenvalue weighted by Gasteiger charge is -2.40. The van der Waals surface area contributed by atoms with E-state index in [9.17, 15) is 9.18 Å². The number of aliphatic hydroxyl groups excluding tert-OH is 1. The van der Waals surface area contributed by atoms with Gasteiger partial charge in [0.2, 0.25) is 0 Å². The molecule has 1 aliphatic rings. The fraction of sp³-hybridized carbons (Fsp3) is 0.909. The number of nitrogens with zero attached hydrogens (tertiary/aromatic N) is 1. The Morgan fingerprint density at radius 2 is 2.12 bits per heavy atom. The first kappa shape index (κ1) is 13.2. The van der Waals surface area contributed by atoms with Crippen molar-refractivity contribution in [1.29, 1.82) is 0 Å². The molecule has 0 spiro atoms. The lowest BCUT2D eigenvalue weighted by atomic mass is 9.94. The van der Waals surface area contributed by atoms with Gasteiger partial charge >= 0.3 is 6.09 Å². The number of amides is 1. The zero-order valence-electron chi connectivity index (χ0n) is 10.1. The van der Waals surface area contributed by atoms with E-state index in [1.807, 2.05) is 20.8 Å². The monoisotopic (exact) mass is 233 g/mol. The first-order chi connectivity index (χ1) is 7.31. The third-order valence-electron chi connectivity index (χ3n) is 2.40. The second-order valence-corrected chi connectivity index (χ2v) is 5.27. The molecule has 0 aliphatic carbocycles. The van der Waals surface area contributed by atoms with Gasteiger partial charge in [0.1, 0.15) is 11.8 Å². The molecule has 0 aromatic rings. The molecule has 0 radical (unpaired) electrons. The van der Waals surface area contributed by atoms with Crippen molar-refractivity contribution >= 4 is 6.09 Å². The minimum atomic E-state index is -1.18. The van der Waals surface area contributed by atoms with Crippen LogP contribution in [0, 0.1) is 5.92 Å². The fourth-order valence-corrected chi connectivity index (χ4v) is 1.63. The predicted octanol–water partition coefficient (Wildman–Crippen LogP) is 1.57. The number of hydrogen-bond donors (Lipinski definition) is 1. The van der Waals surface area contributed by atoms with Gasteiger partial charge in [0.05, 0.1) is 6.61 Å². The summed E-state index contributed by atoms with van der Waals surface area (Å²) < 4.78 is 18.0. The summed E-state index contributed by atoms with van der Waals surface area (Å²) in [4.78, 5) is 13.1. The SMILES string of the molecule is CC(C)(C)OC(=O)N1CC(C[C@H](F)CO)C1. The topological polar surface area (TPSA) is 49.8 Å². The Hall–Kier alpha value is -0.840. The molecule has 1 atom stereocenters. The van der Waals surface area contributed by atoms with Gasteiger partial charge in [0.25, 0.3) is 0 Å². The molecule has 0 aromatic heterocycles. The van der Waals surface area contributed by atoms with Gasteiger partial charge in [0, 0.05) is 13.1 Å². The quantitative estimate of drug-likeness (QED) is 0.805. The summed E-state index contributed by atoms with van der Waals surface area (Å²) in [5.74, 6) is 0.148. The Balaban J connectivity index is 2.23. The Labute approximate surface area is 95.4 Å². The Morgan fingerprint density at radius 1 is 1.56 bits per heavy atom. The summed E-state index contributed by atoms with van der Waals surface area (Å²) in [7, 11) is 0. The van der Waals surface area contributed by atoms with E-state index in [2.05, 4.69) is 0 Å². The standard InChI is InChI=1S/C11H20FNO3/c1-11(2,3)16-10(15)13-5-8(6-13)4-9(12)7-14/h8-9,14H,4-7H2,1-3H3/t9-/m0/s1. The summed E-state index contributed by atoms with van der Waals surface area (Å²) >= 11 is 0. The van der Waals surface area contributed by atoms with Crippen LogP contribution in [-0.2, 0) is 4.74 Å². The molecule has 94 valence electrons. The third kappa shape index (κ3) is 3.96. The lowest BCUT2D eigenvalue weighted by Crippen LogP contribution is -2.52. The van der Waals surface area contributed by atoms with Crippen LogP contribution in [0.4, 0.5) is 9.18 Å². The molecular formula is C11H20FNO3. The number of rotatable bonds is 3. The minimum Gasteiger partial charge on any atom is -0.444 e. The van der Waals surface area contributed by atoms with Crippen molar-refractivity contribution in [3.05, 3.63) is 0 Å². The molecule has 0 unspecified atom stereocenters. The van der Waals surface area contributed by atoms with Gasteiger partial charge in [-0.3, -0.25) is 0 Å². The number of halogens is 1. The summed E-state index contributed by atoms with van der Waals surface area (Å²) in [6.07, 6.45) is -1.20. The van der Waals surface area contributed by atoms with E-state index in [0.29, 0.717) is 19.5 Å². The molecule has 0 saturated carbocycles. The molecule has 1 saturated heterocycles. The van der Waals surface area contributed by atoms with Gasteiger partial charge < -0.3 is 14.7 Å². The summed E-state index contributed by atoms with van der Waals surface area (Å²) in [5.41, 5.74) is -0.490. The van der Waals surface area contributed by atoms with Crippen LogP contribution in [0.1, 0.15) is 27.2 Å². The van der Waals surface area contributed by atoms with Crippen molar-refractivity contribution in [3.63, 3.8) is 0 Å². The van der Waals surface area contributed by atoms with Gasteiger partial charge in [-0.1, -0.05) is 0 Å². The Morgan fingerprint density at radius 3 is 2.56 bits per heavy atom. The van der Waals surface area contributed by atoms with Crippen LogP contribution in [0.15, 0.2) is 0 Å². The normalized spacial score (nSPS) is 19.2. The molecule has 1 heterocycles. The first-order valence-electron chi connectivity index (χ1n) is 5.54. The van der Waals surface area contributed by atoms with E-state index in [4.69, 9.17) is 9.84 Å². The molecule has 4 nitrogen and oxygen atoms in total. The highest BCUT2D eigenvalue weighted by Gasteiger charge is 2.34. The lowest BCUT2D eigenvalue weighted by molar-refractivity contribution is -0.00738. The average molecular weight is 233 g/mol. The molecule has 1 amide bonds. The number of aliphatic hydroxyl groups is 1. The van der Waals surface area contributed by atoms with Crippen LogP contribution < -0.4 is 0 Å². The van der Waals surface area contributed by atoms with Crippen LogP contribution in [0.2, 0.25) is 0 Å². The molecule has 0 aromatic carbocycles. The maximum absolute atomic E-state index is 12.8. The second kappa shape index (κ2) is 4.99. The number of hydrogen-bond acceptors (Lipinski definition) is 3. The van der Waals surface area contributed by atoms with Crippen LogP contribution in [0.3, 0.4) is 0 Å². The zero-order valence-corrected chi connectivity index (χ0v) is 10.1. The summed E-state index contributed by atoms with van der Waals surface area (Å²) in [5, 5.41) is 8.55. The fourth-order valence-electron chi connectivity index (χ4n) is 1.63. The molecular weight excluding hydrogens is 213 g/mol.